The van der Waals surface area contributed by atoms with Crippen LogP contribution in [0.3, 0.4) is 0 Å². The van der Waals surface area contributed by atoms with E-state index in [0.717, 1.165) is 30.5 Å². The van der Waals surface area contributed by atoms with Crippen molar-refractivity contribution in [1.82, 2.24) is 14.9 Å². The van der Waals surface area contributed by atoms with Gasteiger partial charge in [0.05, 0.1) is 17.2 Å². The van der Waals surface area contributed by atoms with E-state index in [9.17, 15) is 8.78 Å². The smallest absolute Gasteiger partial charge is 0.161 e. The third kappa shape index (κ3) is 2.23. The van der Waals surface area contributed by atoms with Crippen LogP contribution in [0.2, 0.25) is 0 Å². The monoisotopic (exact) mass is 290 g/mol. The molecule has 1 aromatic carbocycles. The summed E-state index contributed by atoms with van der Waals surface area (Å²) in [4.78, 5) is 10.8. The number of anilines is 1. The normalized spacial score (nSPS) is 27.9. The minimum atomic E-state index is -0.898. The molecule has 2 aliphatic rings. The predicted molar refractivity (Wildman–Crippen MR) is 76.0 cm³/mol. The quantitative estimate of drug-likeness (QED) is 0.941. The standard InChI is InChI=1S/C15H16F2N4/c1-21-7-8-2-9(8)14(21)5-19-15-6-18-12-3-10(16)11(17)4-13(12)20-15/h3-4,6,8-9,14H,2,5,7H2,1H3,(H,19,20). The van der Waals surface area contributed by atoms with E-state index in [1.807, 2.05) is 0 Å². The number of likely N-dealkylation sites (N-methyl/N-ethyl adjacent to an activating group) is 1. The lowest BCUT2D eigenvalue weighted by atomic mass is 10.2. The Morgan fingerprint density at radius 1 is 1.29 bits per heavy atom. The highest BCUT2D eigenvalue weighted by molar-refractivity contribution is 5.75. The van der Waals surface area contributed by atoms with Crippen LogP contribution < -0.4 is 5.32 Å². The Balaban J connectivity index is 1.52. The number of fused-ring (bicyclic) bond motifs is 2. The van der Waals surface area contributed by atoms with Gasteiger partial charge in [-0.05, 0) is 25.3 Å². The molecule has 0 amide bonds. The molecule has 1 saturated carbocycles. The third-order valence-electron chi connectivity index (χ3n) is 4.64. The summed E-state index contributed by atoms with van der Waals surface area (Å²) in [5.41, 5.74) is 0.725. The summed E-state index contributed by atoms with van der Waals surface area (Å²) in [6.07, 6.45) is 2.89. The first-order chi connectivity index (χ1) is 10.1. The van der Waals surface area contributed by atoms with E-state index in [1.54, 1.807) is 6.20 Å². The topological polar surface area (TPSA) is 41.0 Å². The maximum atomic E-state index is 13.3. The molecule has 1 aromatic heterocycles. The second-order valence-corrected chi connectivity index (χ2v) is 6.06. The van der Waals surface area contributed by atoms with E-state index < -0.39 is 11.6 Å². The minimum absolute atomic E-state index is 0.361. The van der Waals surface area contributed by atoms with Crippen LogP contribution in [0, 0.1) is 23.5 Å². The largest absolute Gasteiger partial charge is 0.367 e. The summed E-state index contributed by atoms with van der Waals surface area (Å²) in [5.74, 6) is 0.463. The van der Waals surface area contributed by atoms with E-state index in [4.69, 9.17) is 0 Å². The van der Waals surface area contributed by atoms with E-state index in [1.165, 1.54) is 13.0 Å². The fourth-order valence-electron chi connectivity index (χ4n) is 3.39. The molecule has 3 unspecified atom stereocenters. The van der Waals surface area contributed by atoms with Crippen molar-refractivity contribution in [3.63, 3.8) is 0 Å². The fraction of sp³-hybridized carbons (Fsp3) is 0.467. The van der Waals surface area contributed by atoms with Crippen molar-refractivity contribution in [2.24, 2.45) is 11.8 Å². The van der Waals surface area contributed by atoms with Crippen LogP contribution in [0.5, 0.6) is 0 Å². The average Bonchev–Trinajstić information content (AvgIpc) is 3.13. The van der Waals surface area contributed by atoms with Gasteiger partial charge < -0.3 is 10.2 Å². The fourth-order valence-corrected chi connectivity index (χ4v) is 3.39. The van der Waals surface area contributed by atoms with Crippen LogP contribution in [-0.4, -0.2) is 41.0 Å². The lowest BCUT2D eigenvalue weighted by Gasteiger charge is -2.23. The summed E-state index contributed by atoms with van der Waals surface area (Å²) in [6.45, 7) is 1.98. The van der Waals surface area contributed by atoms with Crippen molar-refractivity contribution in [3.8, 4) is 0 Å². The molecule has 1 aliphatic carbocycles. The first-order valence-corrected chi connectivity index (χ1v) is 7.18. The van der Waals surface area contributed by atoms with Gasteiger partial charge in [-0.1, -0.05) is 0 Å². The Morgan fingerprint density at radius 3 is 2.76 bits per heavy atom. The van der Waals surface area contributed by atoms with E-state index in [0.29, 0.717) is 22.9 Å². The van der Waals surface area contributed by atoms with Gasteiger partial charge in [-0.25, -0.2) is 13.8 Å². The van der Waals surface area contributed by atoms with Crippen molar-refractivity contribution >= 4 is 16.9 Å². The van der Waals surface area contributed by atoms with Crippen molar-refractivity contribution in [2.45, 2.75) is 12.5 Å². The molecule has 2 aromatic rings. The van der Waals surface area contributed by atoms with Gasteiger partial charge >= 0.3 is 0 Å². The Hall–Kier alpha value is -1.82. The van der Waals surface area contributed by atoms with E-state index >= 15 is 0 Å². The number of benzene rings is 1. The molecule has 21 heavy (non-hydrogen) atoms. The number of halogens is 2. The molecule has 0 bridgehead atoms. The number of rotatable bonds is 3. The summed E-state index contributed by atoms with van der Waals surface area (Å²) in [7, 11) is 2.14. The average molecular weight is 290 g/mol. The molecule has 4 rings (SSSR count). The zero-order chi connectivity index (χ0) is 14.6. The highest BCUT2D eigenvalue weighted by Gasteiger charge is 2.50. The molecular weight excluding hydrogens is 274 g/mol. The van der Waals surface area contributed by atoms with Crippen LogP contribution in [0.1, 0.15) is 6.42 Å². The van der Waals surface area contributed by atoms with Crippen LogP contribution in [0.15, 0.2) is 18.3 Å². The number of hydrogen-bond donors (Lipinski definition) is 1. The van der Waals surface area contributed by atoms with Gasteiger partial charge in [0.25, 0.3) is 0 Å². The molecular formula is C15H16F2N4. The second-order valence-electron chi connectivity index (χ2n) is 6.06. The van der Waals surface area contributed by atoms with Gasteiger partial charge in [0.15, 0.2) is 11.6 Å². The first kappa shape index (κ1) is 12.9. The summed E-state index contributed by atoms with van der Waals surface area (Å²) >= 11 is 0. The third-order valence-corrected chi connectivity index (χ3v) is 4.64. The number of aromatic nitrogens is 2. The van der Waals surface area contributed by atoms with E-state index in [2.05, 4.69) is 27.2 Å². The zero-order valence-corrected chi connectivity index (χ0v) is 11.7. The Kier molecular flexibility index (Phi) is 2.82. The van der Waals surface area contributed by atoms with Crippen molar-refractivity contribution < 1.29 is 8.78 Å². The van der Waals surface area contributed by atoms with Gasteiger partial charge in [-0.15, -0.1) is 0 Å². The second kappa shape index (κ2) is 4.59. The molecule has 4 nitrogen and oxygen atoms in total. The molecule has 0 radical (unpaired) electrons. The number of hydrogen-bond acceptors (Lipinski definition) is 4. The maximum absolute atomic E-state index is 13.3. The summed E-state index contributed by atoms with van der Waals surface area (Å²) < 4.78 is 26.4. The van der Waals surface area contributed by atoms with Crippen molar-refractivity contribution in [3.05, 3.63) is 30.0 Å². The molecule has 6 heteroatoms. The number of nitrogens with one attached hydrogen (secondary N) is 1. The first-order valence-electron chi connectivity index (χ1n) is 7.18. The lowest BCUT2D eigenvalue weighted by molar-refractivity contribution is 0.280. The molecule has 1 N–H and O–H groups in total. The Bertz CT molecular complexity index is 703. The minimum Gasteiger partial charge on any atom is -0.367 e. The lowest BCUT2D eigenvalue weighted by Crippen LogP contribution is -2.35. The highest BCUT2D eigenvalue weighted by atomic mass is 19.2. The zero-order valence-electron chi connectivity index (χ0n) is 11.7. The van der Waals surface area contributed by atoms with Gasteiger partial charge in [0, 0.05) is 31.3 Å². The molecule has 2 heterocycles. The molecule has 2 fully saturated rings. The number of likely N-dealkylation sites (tertiary alicyclic amines) is 1. The van der Waals surface area contributed by atoms with Crippen LogP contribution >= 0.6 is 0 Å². The van der Waals surface area contributed by atoms with Gasteiger partial charge in [0.2, 0.25) is 0 Å². The van der Waals surface area contributed by atoms with Crippen molar-refractivity contribution in [1.29, 1.82) is 0 Å². The Labute approximate surface area is 121 Å². The summed E-state index contributed by atoms with van der Waals surface area (Å²) in [6, 6.07) is 2.68. The molecule has 110 valence electrons. The number of piperidine rings is 1. The highest BCUT2D eigenvalue weighted by Crippen LogP contribution is 2.48. The molecule has 1 aliphatic heterocycles. The SMILES string of the molecule is CN1CC2CC2C1CNc1cnc2cc(F)c(F)cc2n1. The van der Waals surface area contributed by atoms with Gasteiger partial charge in [0.1, 0.15) is 5.82 Å². The predicted octanol–water partition coefficient (Wildman–Crippen LogP) is 2.27. The maximum Gasteiger partial charge on any atom is 0.161 e. The number of nitrogens with zero attached hydrogens (tertiary/aromatic N) is 3. The van der Waals surface area contributed by atoms with E-state index in [-0.39, 0.29) is 0 Å². The van der Waals surface area contributed by atoms with Gasteiger partial charge in [-0.3, -0.25) is 4.98 Å². The molecule has 0 spiro atoms. The summed E-state index contributed by atoms with van der Waals surface area (Å²) in [5, 5.41) is 3.27. The van der Waals surface area contributed by atoms with Gasteiger partial charge in [-0.2, -0.15) is 0 Å². The molecule has 3 atom stereocenters. The van der Waals surface area contributed by atoms with Crippen molar-refractivity contribution in [2.75, 3.05) is 25.5 Å². The molecule has 1 saturated heterocycles. The van der Waals surface area contributed by atoms with Crippen LogP contribution in [0.25, 0.3) is 11.0 Å². The van der Waals surface area contributed by atoms with Crippen LogP contribution in [-0.2, 0) is 0 Å². The van der Waals surface area contributed by atoms with Crippen LogP contribution in [0.4, 0.5) is 14.6 Å². The Morgan fingerprint density at radius 2 is 2.05 bits per heavy atom.